The average molecular weight is 303 g/mol. The molecule has 9 heteroatoms. The number of sulfonamides is 1. The van der Waals surface area contributed by atoms with Gasteiger partial charge in [0.25, 0.3) is 5.92 Å². The lowest BCUT2D eigenvalue weighted by atomic mass is 10.3. The molecule has 18 heavy (non-hydrogen) atoms. The van der Waals surface area contributed by atoms with E-state index in [9.17, 15) is 21.6 Å². The molecule has 4 nitrogen and oxygen atoms in total. The first-order valence-electron chi connectivity index (χ1n) is 4.70. The van der Waals surface area contributed by atoms with E-state index in [0.29, 0.717) is 6.07 Å². The van der Waals surface area contributed by atoms with Crippen molar-refractivity contribution in [2.75, 3.05) is 13.1 Å². The molecule has 0 aliphatic heterocycles. The standard InChI is InChI=1S/C9H10ClF3N2O2S/c10-6-1-7(11)3-8(2-6)18(16,17)15-5-9(12,13)4-14/h1-3,15H,4-5,14H2. The van der Waals surface area contributed by atoms with Gasteiger partial charge in [0.1, 0.15) is 5.82 Å². The Morgan fingerprint density at radius 3 is 2.44 bits per heavy atom. The Balaban J connectivity index is 2.93. The van der Waals surface area contributed by atoms with Gasteiger partial charge in [-0.2, -0.15) is 0 Å². The van der Waals surface area contributed by atoms with Gasteiger partial charge >= 0.3 is 0 Å². The Labute approximate surface area is 107 Å². The van der Waals surface area contributed by atoms with Crippen LogP contribution in [0.4, 0.5) is 13.2 Å². The van der Waals surface area contributed by atoms with E-state index in [2.05, 4.69) is 0 Å². The number of hydrogen-bond donors (Lipinski definition) is 2. The monoisotopic (exact) mass is 302 g/mol. The molecule has 0 radical (unpaired) electrons. The van der Waals surface area contributed by atoms with Crippen molar-refractivity contribution in [3.05, 3.63) is 29.0 Å². The van der Waals surface area contributed by atoms with Gasteiger partial charge in [0.05, 0.1) is 18.0 Å². The average Bonchev–Trinajstić information content (AvgIpc) is 2.25. The molecule has 1 rings (SSSR count). The molecule has 0 unspecified atom stereocenters. The number of nitrogens with two attached hydrogens (primary N) is 1. The molecular weight excluding hydrogens is 293 g/mol. The summed E-state index contributed by atoms with van der Waals surface area (Å²) in [6.07, 6.45) is 0. The van der Waals surface area contributed by atoms with Crippen LogP contribution in [0.15, 0.2) is 23.1 Å². The first kappa shape index (κ1) is 15.2. The number of benzene rings is 1. The van der Waals surface area contributed by atoms with Crippen LogP contribution in [0.1, 0.15) is 0 Å². The zero-order chi connectivity index (χ0) is 14.0. The molecule has 0 atom stereocenters. The molecule has 1 aromatic rings. The highest BCUT2D eigenvalue weighted by Gasteiger charge is 2.29. The van der Waals surface area contributed by atoms with E-state index >= 15 is 0 Å². The molecular formula is C9H10ClF3N2O2S. The minimum Gasteiger partial charge on any atom is -0.325 e. The molecule has 0 aromatic heterocycles. The first-order chi connectivity index (χ1) is 8.16. The Morgan fingerprint density at radius 1 is 1.33 bits per heavy atom. The lowest BCUT2D eigenvalue weighted by Gasteiger charge is -2.14. The van der Waals surface area contributed by atoms with E-state index in [1.54, 1.807) is 4.72 Å². The van der Waals surface area contributed by atoms with Gasteiger partial charge in [-0.25, -0.2) is 26.3 Å². The molecule has 0 saturated heterocycles. The lowest BCUT2D eigenvalue weighted by molar-refractivity contribution is 0.0170. The van der Waals surface area contributed by atoms with Gasteiger partial charge in [-0.05, 0) is 18.2 Å². The molecule has 3 N–H and O–H groups in total. The summed E-state index contributed by atoms with van der Waals surface area (Å²) in [5.74, 6) is -4.25. The number of hydrogen-bond acceptors (Lipinski definition) is 3. The molecule has 0 spiro atoms. The third kappa shape index (κ3) is 4.13. The van der Waals surface area contributed by atoms with Crippen molar-refractivity contribution >= 4 is 21.6 Å². The summed E-state index contributed by atoms with van der Waals surface area (Å²) in [7, 11) is -4.26. The predicted molar refractivity (Wildman–Crippen MR) is 60.6 cm³/mol. The number of nitrogens with one attached hydrogen (secondary N) is 1. The molecule has 0 fully saturated rings. The maximum absolute atomic E-state index is 13.0. The van der Waals surface area contributed by atoms with Crippen LogP contribution in [0.3, 0.4) is 0 Å². The van der Waals surface area contributed by atoms with E-state index in [1.807, 2.05) is 0 Å². The second-order valence-corrected chi connectivity index (χ2v) is 5.69. The third-order valence-corrected chi connectivity index (χ3v) is 3.56. The van der Waals surface area contributed by atoms with Crippen molar-refractivity contribution in [2.24, 2.45) is 5.73 Å². The van der Waals surface area contributed by atoms with Crippen LogP contribution in [0.5, 0.6) is 0 Å². The van der Waals surface area contributed by atoms with Gasteiger partial charge < -0.3 is 5.73 Å². The van der Waals surface area contributed by atoms with Crippen LogP contribution < -0.4 is 10.5 Å². The Morgan fingerprint density at radius 2 is 1.94 bits per heavy atom. The maximum atomic E-state index is 13.0. The fraction of sp³-hybridized carbons (Fsp3) is 0.333. The molecule has 0 amide bonds. The van der Waals surface area contributed by atoms with Gasteiger partial charge in [-0.15, -0.1) is 0 Å². The SMILES string of the molecule is NCC(F)(F)CNS(=O)(=O)c1cc(F)cc(Cl)c1. The van der Waals surface area contributed by atoms with Gasteiger partial charge in [0.15, 0.2) is 0 Å². The smallest absolute Gasteiger partial charge is 0.273 e. The number of halogens is 4. The third-order valence-electron chi connectivity index (χ3n) is 1.97. The van der Waals surface area contributed by atoms with Crippen molar-refractivity contribution in [3.63, 3.8) is 0 Å². The summed E-state index contributed by atoms with van der Waals surface area (Å²) in [5.41, 5.74) is 4.76. The molecule has 0 bridgehead atoms. The molecule has 0 aliphatic carbocycles. The maximum Gasteiger partial charge on any atom is 0.273 e. The van der Waals surface area contributed by atoms with Gasteiger partial charge in [0.2, 0.25) is 10.0 Å². The summed E-state index contributed by atoms with van der Waals surface area (Å²) in [5, 5.41) is -0.152. The zero-order valence-electron chi connectivity index (χ0n) is 8.96. The molecule has 1 aromatic carbocycles. The quantitative estimate of drug-likeness (QED) is 0.862. The number of rotatable bonds is 5. The normalized spacial score (nSPS) is 12.7. The largest absolute Gasteiger partial charge is 0.325 e. The van der Waals surface area contributed by atoms with Crippen molar-refractivity contribution in [1.29, 1.82) is 0 Å². The van der Waals surface area contributed by atoms with Crippen molar-refractivity contribution < 1.29 is 21.6 Å². The molecule has 0 saturated carbocycles. The van der Waals surface area contributed by atoms with E-state index in [0.717, 1.165) is 12.1 Å². The summed E-state index contributed by atoms with van der Waals surface area (Å²) >= 11 is 5.47. The van der Waals surface area contributed by atoms with Crippen LogP contribution >= 0.6 is 11.6 Å². The molecule has 0 heterocycles. The summed E-state index contributed by atoms with van der Waals surface area (Å²) < 4.78 is 63.4. The molecule has 0 aliphatic rings. The Bertz CT molecular complexity index is 516. The summed E-state index contributed by atoms with van der Waals surface area (Å²) in [6, 6.07) is 2.53. The van der Waals surface area contributed by atoms with E-state index in [1.165, 1.54) is 0 Å². The van der Waals surface area contributed by atoms with Crippen LogP contribution in [0.2, 0.25) is 5.02 Å². The van der Waals surface area contributed by atoms with E-state index in [-0.39, 0.29) is 5.02 Å². The highest BCUT2D eigenvalue weighted by molar-refractivity contribution is 7.89. The lowest BCUT2D eigenvalue weighted by Crippen LogP contribution is -2.41. The van der Waals surface area contributed by atoms with Crippen molar-refractivity contribution in [1.82, 2.24) is 4.72 Å². The highest BCUT2D eigenvalue weighted by atomic mass is 35.5. The van der Waals surface area contributed by atoms with Crippen LogP contribution in [-0.2, 0) is 10.0 Å². The van der Waals surface area contributed by atoms with Gasteiger partial charge in [0, 0.05) is 5.02 Å². The van der Waals surface area contributed by atoms with Crippen molar-refractivity contribution in [2.45, 2.75) is 10.8 Å². The summed E-state index contributed by atoms with van der Waals surface area (Å²) in [6.45, 7) is -2.17. The van der Waals surface area contributed by atoms with Crippen LogP contribution in [0.25, 0.3) is 0 Å². The molecule has 102 valence electrons. The Hall–Kier alpha value is -0.830. The van der Waals surface area contributed by atoms with Crippen molar-refractivity contribution in [3.8, 4) is 0 Å². The fourth-order valence-electron chi connectivity index (χ4n) is 1.04. The topological polar surface area (TPSA) is 72.2 Å². The van der Waals surface area contributed by atoms with Crippen LogP contribution in [0, 0.1) is 5.82 Å². The number of alkyl halides is 2. The minimum absolute atomic E-state index is 0.152. The predicted octanol–water partition coefficient (Wildman–Crippen LogP) is 1.35. The van der Waals surface area contributed by atoms with Crippen LogP contribution in [-0.4, -0.2) is 27.4 Å². The van der Waals surface area contributed by atoms with E-state index in [4.69, 9.17) is 17.3 Å². The second kappa shape index (κ2) is 5.43. The summed E-state index contributed by atoms with van der Waals surface area (Å²) in [4.78, 5) is -0.527. The highest BCUT2D eigenvalue weighted by Crippen LogP contribution is 2.19. The first-order valence-corrected chi connectivity index (χ1v) is 6.56. The Kier molecular flexibility index (Phi) is 4.60. The minimum atomic E-state index is -4.26. The van der Waals surface area contributed by atoms with Gasteiger partial charge in [-0.3, -0.25) is 0 Å². The zero-order valence-corrected chi connectivity index (χ0v) is 10.5. The second-order valence-electron chi connectivity index (χ2n) is 3.49. The fourth-order valence-corrected chi connectivity index (χ4v) is 2.44. The van der Waals surface area contributed by atoms with E-state index < -0.39 is 39.7 Å². The van der Waals surface area contributed by atoms with Gasteiger partial charge in [-0.1, -0.05) is 11.6 Å².